The minimum absolute atomic E-state index is 0.0403. The fourth-order valence-electron chi connectivity index (χ4n) is 3.41. The van der Waals surface area contributed by atoms with Gasteiger partial charge in [-0.05, 0) is 47.0 Å². The van der Waals surface area contributed by atoms with Gasteiger partial charge < -0.3 is 15.0 Å². The first-order valence-corrected chi connectivity index (χ1v) is 10.3. The molecule has 5 nitrogen and oxygen atoms in total. The summed E-state index contributed by atoms with van der Waals surface area (Å²) >= 11 is 1.68. The van der Waals surface area contributed by atoms with Crippen molar-refractivity contribution >= 4 is 22.9 Å². The maximum atomic E-state index is 12.6. The monoisotopic (exact) mass is 393 g/mol. The number of nitrogens with zero attached hydrogens (tertiary/aromatic N) is 2. The van der Waals surface area contributed by atoms with Gasteiger partial charge in [0.05, 0.1) is 6.10 Å². The second-order valence-electron chi connectivity index (χ2n) is 6.96. The van der Waals surface area contributed by atoms with Crippen LogP contribution in [0.25, 0.3) is 0 Å². The Balaban J connectivity index is 1.46. The summed E-state index contributed by atoms with van der Waals surface area (Å²) in [5.74, 6) is -0.165. The maximum Gasteiger partial charge on any atom is 0.270 e. The van der Waals surface area contributed by atoms with E-state index < -0.39 is 0 Å². The normalized spacial score (nSPS) is 19.4. The van der Waals surface area contributed by atoms with Gasteiger partial charge in [0.1, 0.15) is 11.8 Å². The van der Waals surface area contributed by atoms with Gasteiger partial charge in [-0.1, -0.05) is 30.3 Å². The van der Waals surface area contributed by atoms with Gasteiger partial charge in [0.2, 0.25) is 0 Å². The summed E-state index contributed by atoms with van der Waals surface area (Å²) in [4.78, 5) is 19.1. The average molecular weight is 394 g/mol. The van der Waals surface area contributed by atoms with E-state index in [1.165, 1.54) is 5.56 Å². The lowest BCUT2D eigenvalue weighted by atomic mass is 10.1. The Hall–Kier alpha value is -2.70. The lowest BCUT2D eigenvalue weighted by molar-refractivity contribution is -0.0171. The number of rotatable bonds is 5. The smallest absolute Gasteiger partial charge is 0.270 e. The van der Waals surface area contributed by atoms with Crippen LogP contribution in [0, 0.1) is 0 Å². The van der Waals surface area contributed by atoms with Crippen molar-refractivity contribution in [2.45, 2.75) is 25.7 Å². The number of carbonyl (C=O) groups excluding carboxylic acids is 1. The van der Waals surface area contributed by atoms with Crippen LogP contribution in [-0.2, 0) is 11.3 Å². The fourth-order valence-corrected chi connectivity index (χ4v) is 4.12. The lowest BCUT2D eigenvalue weighted by Crippen LogP contribution is -2.43. The molecule has 0 saturated carbocycles. The number of amides is 1. The zero-order valence-electron chi connectivity index (χ0n) is 15.7. The molecule has 1 saturated heterocycles. The number of thiophene rings is 1. The van der Waals surface area contributed by atoms with Gasteiger partial charge >= 0.3 is 0 Å². The number of benzene rings is 1. The highest BCUT2D eigenvalue weighted by atomic mass is 32.1. The zero-order valence-corrected chi connectivity index (χ0v) is 16.6. The molecule has 3 heterocycles. The molecule has 1 N–H and O–H groups in total. The third-order valence-electron chi connectivity index (χ3n) is 4.81. The number of ether oxygens (including phenoxy) is 1. The summed E-state index contributed by atoms with van der Waals surface area (Å²) in [6, 6.07) is 15.8. The molecule has 6 heteroatoms. The molecule has 1 amide bonds. The van der Waals surface area contributed by atoms with Gasteiger partial charge in [-0.3, -0.25) is 9.78 Å². The van der Waals surface area contributed by atoms with E-state index in [1.807, 2.05) is 42.5 Å². The molecule has 4 rings (SSSR count). The second kappa shape index (κ2) is 8.54. The number of hydrogen-bond donors (Lipinski definition) is 1. The largest absolute Gasteiger partial charge is 0.367 e. The fraction of sp³-hybridized carbons (Fsp3) is 0.273. The Morgan fingerprint density at radius 2 is 2.11 bits per heavy atom. The van der Waals surface area contributed by atoms with Crippen molar-refractivity contribution in [1.82, 2.24) is 10.3 Å². The molecule has 0 spiro atoms. The number of carbonyl (C=O) groups is 1. The van der Waals surface area contributed by atoms with Crippen LogP contribution in [0.5, 0.6) is 0 Å². The molecule has 1 aliphatic rings. The number of aromatic nitrogens is 1. The number of nitrogens with one attached hydrogen (secondary N) is 1. The van der Waals surface area contributed by atoms with Crippen molar-refractivity contribution in [3.8, 4) is 0 Å². The molecule has 0 bridgehead atoms. The van der Waals surface area contributed by atoms with Crippen LogP contribution < -0.4 is 10.2 Å². The van der Waals surface area contributed by atoms with E-state index in [9.17, 15) is 4.79 Å². The van der Waals surface area contributed by atoms with Crippen molar-refractivity contribution in [3.63, 3.8) is 0 Å². The van der Waals surface area contributed by atoms with Gasteiger partial charge in [0.15, 0.2) is 0 Å². The second-order valence-corrected chi connectivity index (χ2v) is 7.74. The lowest BCUT2D eigenvalue weighted by Gasteiger charge is -2.38. The van der Waals surface area contributed by atoms with E-state index in [1.54, 1.807) is 17.5 Å². The molecule has 2 aromatic heterocycles. The van der Waals surface area contributed by atoms with E-state index in [-0.39, 0.29) is 18.1 Å². The predicted molar refractivity (Wildman–Crippen MR) is 112 cm³/mol. The van der Waals surface area contributed by atoms with Crippen LogP contribution in [0.4, 0.5) is 5.69 Å². The highest BCUT2D eigenvalue weighted by Gasteiger charge is 2.27. The first-order chi connectivity index (χ1) is 13.7. The summed E-state index contributed by atoms with van der Waals surface area (Å²) in [6.07, 6.45) is 1.85. The Morgan fingerprint density at radius 1 is 1.25 bits per heavy atom. The first kappa shape index (κ1) is 18.7. The molecular formula is C22H23N3O2S. The molecule has 0 aliphatic carbocycles. The minimum Gasteiger partial charge on any atom is -0.367 e. The number of anilines is 1. The standard InChI is InChI=1S/C22H23N3O2S/c1-16-13-25(14-21(27-16)18-8-10-28-15-18)19-7-9-23-20(11-19)22(26)24-12-17-5-3-2-4-6-17/h2-11,15-16,21H,12-14H2,1H3,(H,24,26). The number of hydrogen-bond acceptors (Lipinski definition) is 5. The highest BCUT2D eigenvalue weighted by molar-refractivity contribution is 7.07. The summed E-state index contributed by atoms with van der Waals surface area (Å²) in [5.41, 5.74) is 3.69. The first-order valence-electron chi connectivity index (χ1n) is 9.40. The molecule has 3 aromatic rings. The van der Waals surface area contributed by atoms with Crippen LogP contribution >= 0.6 is 11.3 Å². The predicted octanol–water partition coefficient (Wildman–Crippen LogP) is 4.04. The van der Waals surface area contributed by atoms with E-state index in [0.717, 1.165) is 24.3 Å². The Kier molecular flexibility index (Phi) is 5.69. The molecule has 1 aromatic carbocycles. The SMILES string of the molecule is CC1CN(c2ccnc(C(=O)NCc3ccccc3)c2)CC(c2ccsc2)O1. The quantitative estimate of drug-likeness (QED) is 0.711. The molecule has 2 atom stereocenters. The summed E-state index contributed by atoms with van der Waals surface area (Å²) in [7, 11) is 0. The van der Waals surface area contributed by atoms with Crippen LogP contribution in [0.3, 0.4) is 0 Å². The molecule has 1 fully saturated rings. The Bertz CT molecular complexity index is 915. The van der Waals surface area contributed by atoms with Crippen molar-refractivity contribution in [2.75, 3.05) is 18.0 Å². The third-order valence-corrected chi connectivity index (χ3v) is 5.51. The molecule has 0 radical (unpaired) electrons. The van der Waals surface area contributed by atoms with Crippen LogP contribution in [0.1, 0.15) is 34.6 Å². The number of pyridine rings is 1. The summed E-state index contributed by atoms with van der Waals surface area (Å²) < 4.78 is 6.12. The van der Waals surface area contributed by atoms with E-state index in [4.69, 9.17) is 4.74 Å². The van der Waals surface area contributed by atoms with Crippen LogP contribution in [-0.4, -0.2) is 30.1 Å². The van der Waals surface area contributed by atoms with Crippen molar-refractivity contribution < 1.29 is 9.53 Å². The Morgan fingerprint density at radius 3 is 2.89 bits per heavy atom. The van der Waals surface area contributed by atoms with Gasteiger partial charge in [-0.25, -0.2) is 0 Å². The van der Waals surface area contributed by atoms with Crippen molar-refractivity contribution in [1.29, 1.82) is 0 Å². The summed E-state index contributed by atoms with van der Waals surface area (Å²) in [6.45, 7) is 4.12. The maximum absolute atomic E-state index is 12.6. The molecular weight excluding hydrogens is 370 g/mol. The van der Waals surface area contributed by atoms with Gasteiger partial charge in [0, 0.05) is 31.5 Å². The molecule has 2 unspecified atom stereocenters. The third kappa shape index (κ3) is 4.40. The molecule has 144 valence electrons. The Labute approximate surface area is 169 Å². The van der Waals surface area contributed by atoms with Crippen LogP contribution in [0.15, 0.2) is 65.5 Å². The van der Waals surface area contributed by atoms with Crippen LogP contribution in [0.2, 0.25) is 0 Å². The number of morpholine rings is 1. The minimum atomic E-state index is -0.165. The highest BCUT2D eigenvalue weighted by Crippen LogP contribution is 2.29. The molecule has 1 aliphatic heterocycles. The van der Waals surface area contributed by atoms with Gasteiger partial charge in [-0.2, -0.15) is 11.3 Å². The van der Waals surface area contributed by atoms with E-state index >= 15 is 0 Å². The van der Waals surface area contributed by atoms with Crippen molar-refractivity contribution in [2.24, 2.45) is 0 Å². The van der Waals surface area contributed by atoms with Gasteiger partial charge in [-0.15, -0.1) is 0 Å². The van der Waals surface area contributed by atoms with E-state index in [2.05, 4.69) is 39.0 Å². The summed E-state index contributed by atoms with van der Waals surface area (Å²) in [5, 5.41) is 7.15. The molecule has 28 heavy (non-hydrogen) atoms. The zero-order chi connectivity index (χ0) is 19.3. The van der Waals surface area contributed by atoms with Gasteiger partial charge in [0.25, 0.3) is 5.91 Å². The van der Waals surface area contributed by atoms with E-state index in [0.29, 0.717) is 12.2 Å². The topological polar surface area (TPSA) is 54.5 Å². The average Bonchev–Trinajstić information content (AvgIpc) is 3.27. The van der Waals surface area contributed by atoms with Crippen molar-refractivity contribution in [3.05, 3.63) is 82.3 Å².